The molecule has 1 aliphatic carbocycles. The number of hydrogen-bond acceptors (Lipinski definition) is 5. The minimum atomic E-state index is -0.766. The summed E-state index contributed by atoms with van der Waals surface area (Å²) in [6.45, 7) is 1.57. The standard InChI is InChI=1S/C26H22FN3O2S/c27-20-10-16(13-30-14-17(15-30)25(31)32)6-7-19(20)24-29-21-12-28-23(11-22(21)33-24)26(8-9-26)18-4-2-1-3-5-18/h1-7,10-12,17H,8-9,13-15H2,(H,31,32). The molecule has 2 aliphatic rings. The average Bonchev–Trinajstić information content (AvgIpc) is 3.49. The van der Waals surface area contributed by atoms with Crippen LogP contribution in [0.1, 0.15) is 29.7 Å². The van der Waals surface area contributed by atoms with E-state index >= 15 is 0 Å². The smallest absolute Gasteiger partial charge is 0.309 e. The molecule has 6 rings (SSSR count). The molecule has 0 unspecified atom stereocenters. The molecule has 1 saturated heterocycles. The highest BCUT2D eigenvalue weighted by atomic mass is 32.1. The van der Waals surface area contributed by atoms with E-state index in [1.807, 2.05) is 23.2 Å². The molecule has 1 aliphatic heterocycles. The Hall–Kier alpha value is -3.16. The molecule has 4 aromatic rings. The van der Waals surface area contributed by atoms with E-state index < -0.39 is 5.97 Å². The van der Waals surface area contributed by atoms with Crippen LogP contribution >= 0.6 is 11.3 Å². The molecular weight excluding hydrogens is 437 g/mol. The summed E-state index contributed by atoms with van der Waals surface area (Å²) in [4.78, 5) is 22.4. The van der Waals surface area contributed by atoms with Crippen LogP contribution in [-0.2, 0) is 16.8 Å². The number of nitrogens with zero attached hydrogens (tertiary/aromatic N) is 3. The van der Waals surface area contributed by atoms with Crippen LogP contribution in [0.2, 0.25) is 0 Å². The lowest BCUT2D eigenvalue weighted by molar-refractivity contribution is -0.147. The topological polar surface area (TPSA) is 66.3 Å². The van der Waals surface area contributed by atoms with Gasteiger partial charge in [-0.1, -0.05) is 36.4 Å². The SMILES string of the molecule is O=C(O)C1CN(Cc2ccc(-c3nc4cnc(C5(c6ccccc6)CC5)cc4s3)c(F)c2)C1. The Bertz CT molecular complexity index is 1360. The molecule has 0 radical (unpaired) electrons. The van der Waals surface area contributed by atoms with E-state index in [2.05, 4.69) is 35.3 Å². The number of aliphatic carboxylic acids is 1. The van der Waals surface area contributed by atoms with Gasteiger partial charge in [0.15, 0.2) is 0 Å². The highest BCUT2D eigenvalue weighted by Crippen LogP contribution is 2.53. The molecule has 0 bridgehead atoms. The van der Waals surface area contributed by atoms with Crippen molar-refractivity contribution >= 4 is 27.5 Å². The van der Waals surface area contributed by atoms with Crippen LogP contribution in [0.5, 0.6) is 0 Å². The normalized spacial score (nSPS) is 17.7. The molecule has 0 atom stereocenters. The highest BCUT2D eigenvalue weighted by molar-refractivity contribution is 7.21. The first kappa shape index (κ1) is 20.4. The van der Waals surface area contributed by atoms with Crippen LogP contribution in [0.15, 0.2) is 60.8 Å². The molecular formula is C26H22FN3O2S. The third-order valence-corrected chi connectivity index (χ3v) is 7.87. The van der Waals surface area contributed by atoms with Gasteiger partial charge in [0.2, 0.25) is 0 Å². The summed E-state index contributed by atoms with van der Waals surface area (Å²) in [7, 11) is 0. The van der Waals surface area contributed by atoms with Crippen molar-refractivity contribution in [2.45, 2.75) is 24.8 Å². The summed E-state index contributed by atoms with van der Waals surface area (Å²) in [5, 5.41) is 9.66. The quantitative estimate of drug-likeness (QED) is 0.435. The maximum absolute atomic E-state index is 15.0. The van der Waals surface area contributed by atoms with Gasteiger partial charge in [0.05, 0.1) is 22.5 Å². The molecule has 3 heterocycles. The van der Waals surface area contributed by atoms with Crippen molar-refractivity contribution < 1.29 is 14.3 Å². The maximum Gasteiger partial charge on any atom is 0.309 e. The number of benzene rings is 2. The van der Waals surface area contributed by atoms with Gasteiger partial charge in [-0.05, 0) is 42.2 Å². The molecule has 33 heavy (non-hydrogen) atoms. The average molecular weight is 460 g/mol. The molecule has 2 aromatic carbocycles. The monoisotopic (exact) mass is 459 g/mol. The van der Waals surface area contributed by atoms with Crippen molar-refractivity contribution in [3.63, 3.8) is 0 Å². The Kier molecular flexibility index (Phi) is 4.78. The first-order chi connectivity index (χ1) is 16.0. The van der Waals surface area contributed by atoms with Crippen LogP contribution < -0.4 is 0 Å². The van der Waals surface area contributed by atoms with Gasteiger partial charge in [-0.2, -0.15) is 0 Å². The van der Waals surface area contributed by atoms with Crippen LogP contribution in [0.25, 0.3) is 20.8 Å². The molecule has 7 heteroatoms. The Morgan fingerprint density at radius 2 is 1.94 bits per heavy atom. The number of carboxylic acid groups (broad SMARTS) is 1. The van der Waals surface area contributed by atoms with Crippen LogP contribution in [0, 0.1) is 11.7 Å². The highest BCUT2D eigenvalue weighted by Gasteiger charge is 2.47. The lowest BCUT2D eigenvalue weighted by Crippen LogP contribution is -2.49. The van der Waals surface area contributed by atoms with Crippen molar-refractivity contribution in [3.05, 3.63) is 83.4 Å². The second-order valence-corrected chi connectivity index (χ2v) is 10.1. The van der Waals surface area contributed by atoms with Crippen molar-refractivity contribution in [3.8, 4) is 10.6 Å². The van der Waals surface area contributed by atoms with Crippen molar-refractivity contribution in [1.82, 2.24) is 14.9 Å². The number of aromatic nitrogens is 2. The summed E-state index contributed by atoms with van der Waals surface area (Å²) in [5.41, 5.74) is 4.44. The van der Waals surface area contributed by atoms with E-state index in [-0.39, 0.29) is 17.2 Å². The van der Waals surface area contributed by atoms with Crippen molar-refractivity contribution in [1.29, 1.82) is 0 Å². The number of fused-ring (bicyclic) bond motifs is 1. The Morgan fingerprint density at radius 3 is 2.64 bits per heavy atom. The molecule has 2 aromatic heterocycles. The van der Waals surface area contributed by atoms with E-state index in [0.29, 0.717) is 30.2 Å². The van der Waals surface area contributed by atoms with E-state index in [1.165, 1.54) is 23.0 Å². The Labute approximate surface area is 194 Å². The fourth-order valence-corrected chi connectivity index (χ4v) is 5.73. The third kappa shape index (κ3) is 3.61. The van der Waals surface area contributed by atoms with E-state index in [9.17, 15) is 9.18 Å². The maximum atomic E-state index is 15.0. The Balaban J connectivity index is 1.25. The van der Waals surface area contributed by atoms with Crippen LogP contribution in [-0.4, -0.2) is 39.0 Å². The van der Waals surface area contributed by atoms with Crippen molar-refractivity contribution in [2.24, 2.45) is 5.92 Å². The van der Waals surface area contributed by atoms with Gasteiger partial charge in [0.25, 0.3) is 0 Å². The number of rotatable bonds is 6. The fourth-order valence-electron chi connectivity index (χ4n) is 4.73. The molecule has 166 valence electrons. The molecule has 0 amide bonds. The predicted octanol–water partition coefficient (Wildman–Crippen LogP) is 5.09. The first-order valence-corrected chi connectivity index (χ1v) is 11.9. The van der Waals surface area contributed by atoms with Gasteiger partial charge in [0, 0.05) is 30.6 Å². The number of halogens is 1. The summed E-state index contributed by atoms with van der Waals surface area (Å²) in [6, 6.07) is 17.8. The zero-order chi connectivity index (χ0) is 22.6. The van der Waals surface area contributed by atoms with Gasteiger partial charge >= 0.3 is 5.97 Å². The summed E-state index contributed by atoms with van der Waals surface area (Å²) in [6.07, 6.45) is 3.98. The first-order valence-electron chi connectivity index (χ1n) is 11.1. The molecule has 2 fully saturated rings. The minimum Gasteiger partial charge on any atom is -0.481 e. The number of hydrogen-bond donors (Lipinski definition) is 1. The molecule has 1 saturated carbocycles. The number of carboxylic acids is 1. The second kappa shape index (κ2) is 7.71. The number of pyridine rings is 1. The zero-order valence-electron chi connectivity index (χ0n) is 17.9. The van der Waals surface area contributed by atoms with Gasteiger partial charge in [-0.15, -0.1) is 11.3 Å². The lowest BCUT2D eigenvalue weighted by atomic mass is 9.92. The van der Waals surface area contributed by atoms with Gasteiger partial charge in [-0.3, -0.25) is 14.7 Å². The van der Waals surface area contributed by atoms with E-state index in [0.717, 1.165) is 34.3 Å². The molecule has 0 spiro atoms. The largest absolute Gasteiger partial charge is 0.481 e. The lowest BCUT2D eigenvalue weighted by Gasteiger charge is -2.36. The summed E-state index contributed by atoms with van der Waals surface area (Å²) < 4.78 is 16.0. The van der Waals surface area contributed by atoms with E-state index in [4.69, 9.17) is 10.1 Å². The second-order valence-electron chi connectivity index (χ2n) is 9.05. The summed E-state index contributed by atoms with van der Waals surface area (Å²) in [5.74, 6) is -1.39. The zero-order valence-corrected chi connectivity index (χ0v) is 18.7. The molecule has 5 nitrogen and oxygen atoms in total. The fraction of sp³-hybridized carbons (Fsp3) is 0.269. The summed E-state index contributed by atoms with van der Waals surface area (Å²) >= 11 is 1.49. The number of likely N-dealkylation sites (tertiary alicyclic amines) is 1. The molecule has 1 N–H and O–H groups in total. The van der Waals surface area contributed by atoms with Crippen molar-refractivity contribution in [2.75, 3.05) is 13.1 Å². The van der Waals surface area contributed by atoms with Gasteiger partial charge < -0.3 is 5.11 Å². The minimum absolute atomic E-state index is 0.0109. The van der Waals surface area contributed by atoms with Crippen LogP contribution in [0.3, 0.4) is 0 Å². The van der Waals surface area contributed by atoms with Crippen LogP contribution in [0.4, 0.5) is 4.39 Å². The van der Waals surface area contributed by atoms with E-state index in [1.54, 1.807) is 6.07 Å². The third-order valence-electron chi connectivity index (χ3n) is 6.82. The van der Waals surface area contributed by atoms with Gasteiger partial charge in [0.1, 0.15) is 16.3 Å². The number of carbonyl (C=O) groups is 1. The predicted molar refractivity (Wildman–Crippen MR) is 126 cm³/mol. The van der Waals surface area contributed by atoms with Gasteiger partial charge in [-0.25, -0.2) is 9.37 Å². The Morgan fingerprint density at radius 1 is 1.15 bits per heavy atom. The number of thiazole rings is 1.